The highest BCUT2D eigenvalue weighted by atomic mass is 28.3. The van der Waals surface area contributed by atoms with E-state index < -0.39 is 8.07 Å². The molecule has 0 heterocycles. The summed E-state index contributed by atoms with van der Waals surface area (Å²) in [4.78, 5) is 13.5. The van der Waals surface area contributed by atoms with Crippen molar-refractivity contribution in [3.05, 3.63) is 59.3 Å². The third-order valence-corrected chi connectivity index (χ3v) is 8.28. The van der Waals surface area contributed by atoms with E-state index >= 15 is 0 Å². The average Bonchev–Trinajstić information content (AvgIpc) is 2.75. The number of carbonyl (C=O) groups is 1. The topological polar surface area (TPSA) is 26.3 Å². The van der Waals surface area contributed by atoms with Gasteiger partial charge in [-0.15, -0.1) is 0 Å². The van der Waals surface area contributed by atoms with Gasteiger partial charge in [0, 0.05) is 5.92 Å². The van der Waals surface area contributed by atoms with Crippen LogP contribution in [0.25, 0.3) is 0 Å². The first-order chi connectivity index (χ1) is 15.5. The summed E-state index contributed by atoms with van der Waals surface area (Å²) in [6.45, 7) is 16.0. The van der Waals surface area contributed by atoms with Crippen LogP contribution >= 0.6 is 0 Å². The Hall–Kier alpha value is -1.61. The molecule has 3 heteroatoms. The van der Waals surface area contributed by atoms with Crippen molar-refractivity contribution in [2.24, 2.45) is 11.8 Å². The Morgan fingerprint density at radius 3 is 2.42 bits per heavy atom. The molecule has 1 aromatic carbocycles. The first kappa shape index (κ1) is 27.6. The summed E-state index contributed by atoms with van der Waals surface area (Å²) in [6, 6.07) is 10.7. The minimum atomic E-state index is -1.56. The van der Waals surface area contributed by atoms with Crippen LogP contribution in [-0.2, 0) is 14.9 Å². The predicted molar refractivity (Wildman–Crippen MR) is 145 cm³/mol. The van der Waals surface area contributed by atoms with Gasteiger partial charge in [0.15, 0.2) is 0 Å². The zero-order valence-corrected chi connectivity index (χ0v) is 23.3. The normalized spacial score (nSPS) is 22.5. The van der Waals surface area contributed by atoms with Crippen LogP contribution in [0.2, 0.25) is 19.6 Å². The highest BCUT2D eigenvalue weighted by molar-refractivity contribution is 6.81. The lowest BCUT2D eigenvalue weighted by molar-refractivity contribution is -0.151. The molecule has 1 aromatic rings. The highest BCUT2D eigenvalue weighted by Gasteiger charge is 2.42. The van der Waals surface area contributed by atoms with E-state index in [0.29, 0.717) is 11.8 Å². The molecule has 0 spiro atoms. The molecule has 0 bridgehead atoms. The molecule has 1 saturated carbocycles. The van der Waals surface area contributed by atoms with Gasteiger partial charge in [0.25, 0.3) is 0 Å². The number of esters is 1. The Bertz CT molecular complexity index is 785. The zero-order chi connectivity index (χ0) is 24.5. The Labute approximate surface area is 204 Å². The van der Waals surface area contributed by atoms with Crippen LogP contribution in [0.4, 0.5) is 0 Å². The molecule has 0 amide bonds. The molecule has 0 aliphatic heterocycles. The molecule has 1 aliphatic rings. The Morgan fingerprint density at radius 1 is 1.09 bits per heavy atom. The van der Waals surface area contributed by atoms with Gasteiger partial charge in [-0.2, -0.15) is 0 Å². The Kier molecular flexibility index (Phi) is 10.7. The lowest BCUT2D eigenvalue weighted by atomic mass is 9.64. The molecule has 3 atom stereocenters. The van der Waals surface area contributed by atoms with E-state index in [9.17, 15) is 4.79 Å². The zero-order valence-electron chi connectivity index (χ0n) is 22.3. The summed E-state index contributed by atoms with van der Waals surface area (Å²) in [7, 11) is -1.56. The summed E-state index contributed by atoms with van der Waals surface area (Å²) < 4.78 is 6.35. The number of unbranched alkanes of at least 4 members (excludes halogenated alkanes) is 4. The molecule has 1 fully saturated rings. The van der Waals surface area contributed by atoms with Crippen LogP contribution in [0.15, 0.2) is 53.8 Å². The Morgan fingerprint density at radius 2 is 1.79 bits per heavy atom. The number of carbonyl (C=O) groups excluding carboxylic acids is 1. The monoisotopic (exact) mass is 468 g/mol. The molecule has 0 unspecified atom stereocenters. The summed E-state index contributed by atoms with van der Waals surface area (Å²) in [5.41, 5.74) is 4.26. The van der Waals surface area contributed by atoms with Gasteiger partial charge >= 0.3 is 5.97 Å². The van der Waals surface area contributed by atoms with E-state index in [4.69, 9.17) is 4.74 Å². The van der Waals surface area contributed by atoms with Crippen LogP contribution in [0.1, 0.15) is 84.6 Å². The van der Waals surface area contributed by atoms with Crippen LogP contribution in [0.5, 0.6) is 0 Å². The van der Waals surface area contributed by atoms with Crippen molar-refractivity contribution in [1.29, 1.82) is 0 Å². The largest absolute Gasteiger partial charge is 0.458 e. The van der Waals surface area contributed by atoms with Crippen molar-refractivity contribution < 1.29 is 9.53 Å². The lowest BCUT2D eigenvalue weighted by Gasteiger charge is -2.44. The number of ether oxygens (including phenoxy) is 1. The molecular weight excluding hydrogens is 420 g/mol. The van der Waals surface area contributed by atoms with Crippen molar-refractivity contribution in [2.75, 3.05) is 0 Å². The predicted octanol–water partition coefficient (Wildman–Crippen LogP) is 8.64. The molecule has 184 valence electrons. The molecule has 0 aromatic heterocycles. The van der Waals surface area contributed by atoms with Crippen molar-refractivity contribution in [1.82, 2.24) is 0 Å². The van der Waals surface area contributed by atoms with Crippen molar-refractivity contribution >= 4 is 14.0 Å². The first-order valence-electron chi connectivity index (χ1n) is 13.2. The Balaban J connectivity index is 2.20. The summed E-state index contributed by atoms with van der Waals surface area (Å²) in [5.74, 6) is 0.783. The summed E-state index contributed by atoms with van der Waals surface area (Å²) >= 11 is 0. The fourth-order valence-electron chi connectivity index (χ4n) is 5.11. The van der Waals surface area contributed by atoms with E-state index in [1.165, 1.54) is 37.7 Å². The maximum atomic E-state index is 13.5. The summed E-state index contributed by atoms with van der Waals surface area (Å²) in [5, 5.41) is 0. The van der Waals surface area contributed by atoms with E-state index in [1.54, 1.807) is 0 Å². The SMILES string of the molecule is CCCCCC/C=C/C(=C\[Si](C)(C)C)C(=O)O[C@@H]1C[C@H](C)CC[C@H]1C(C)(C)c1ccccc1. The molecule has 0 saturated heterocycles. The van der Waals surface area contributed by atoms with E-state index in [-0.39, 0.29) is 17.5 Å². The number of allylic oxidation sites excluding steroid dienone is 1. The number of hydrogen-bond donors (Lipinski definition) is 0. The van der Waals surface area contributed by atoms with E-state index in [2.05, 4.69) is 89.4 Å². The number of hydrogen-bond acceptors (Lipinski definition) is 2. The number of benzene rings is 1. The van der Waals surface area contributed by atoms with Gasteiger partial charge in [-0.25, -0.2) is 4.79 Å². The lowest BCUT2D eigenvalue weighted by Crippen LogP contribution is -2.43. The fourth-order valence-corrected chi connectivity index (χ4v) is 6.26. The quantitative estimate of drug-likeness (QED) is 0.107. The molecular formula is C30H48O2Si. The average molecular weight is 469 g/mol. The summed E-state index contributed by atoms with van der Waals surface area (Å²) in [6.07, 6.45) is 13.4. The highest BCUT2D eigenvalue weighted by Crippen LogP contribution is 2.43. The third kappa shape index (κ3) is 8.92. The smallest absolute Gasteiger partial charge is 0.337 e. The van der Waals surface area contributed by atoms with E-state index in [0.717, 1.165) is 24.8 Å². The van der Waals surface area contributed by atoms with Gasteiger partial charge in [-0.1, -0.05) is 121 Å². The first-order valence-corrected chi connectivity index (χ1v) is 16.8. The van der Waals surface area contributed by atoms with Gasteiger partial charge in [-0.05, 0) is 42.6 Å². The van der Waals surface area contributed by atoms with E-state index in [1.807, 2.05) is 6.08 Å². The minimum absolute atomic E-state index is 0.0376. The van der Waals surface area contributed by atoms with Crippen molar-refractivity contribution in [3.63, 3.8) is 0 Å². The maximum absolute atomic E-state index is 13.5. The second-order valence-corrected chi connectivity index (χ2v) is 16.8. The van der Waals surface area contributed by atoms with Crippen LogP contribution < -0.4 is 0 Å². The molecule has 0 radical (unpaired) electrons. The maximum Gasteiger partial charge on any atom is 0.337 e. The molecule has 33 heavy (non-hydrogen) atoms. The molecule has 2 rings (SSSR count). The molecule has 2 nitrogen and oxygen atoms in total. The van der Waals surface area contributed by atoms with Gasteiger partial charge in [-0.3, -0.25) is 0 Å². The van der Waals surface area contributed by atoms with Gasteiger partial charge in [0.2, 0.25) is 0 Å². The molecule has 0 N–H and O–H groups in total. The second-order valence-electron chi connectivity index (χ2n) is 11.8. The fraction of sp³-hybridized carbons (Fsp3) is 0.633. The number of rotatable bonds is 11. The van der Waals surface area contributed by atoms with Crippen LogP contribution in [0.3, 0.4) is 0 Å². The van der Waals surface area contributed by atoms with Crippen molar-refractivity contribution in [2.45, 2.75) is 110 Å². The van der Waals surface area contributed by atoms with Crippen LogP contribution in [-0.4, -0.2) is 20.1 Å². The molecule has 1 aliphatic carbocycles. The van der Waals surface area contributed by atoms with Gasteiger partial charge in [0.1, 0.15) is 6.10 Å². The van der Waals surface area contributed by atoms with Gasteiger partial charge in [0.05, 0.1) is 13.6 Å². The van der Waals surface area contributed by atoms with Crippen LogP contribution in [0, 0.1) is 11.8 Å². The standard InChI is InChI=1S/C30H48O2Si/c1-8-9-10-11-12-14-17-25(23-33(5,6)7)29(31)32-28-22-24(2)20-21-27(28)30(3,4)26-18-15-13-16-19-26/h13-19,23-24,27-28H,8-12,20-22H2,1-7H3/b17-14+,25-23+/t24-,27-,28-/m1/s1. The van der Waals surface area contributed by atoms with Crippen molar-refractivity contribution in [3.8, 4) is 0 Å². The third-order valence-electron chi connectivity index (χ3n) is 7.10. The van der Waals surface area contributed by atoms with Gasteiger partial charge < -0.3 is 4.74 Å². The second kappa shape index (κ2) is 12.7. The minimum Gasteiger partial charge on any atom is -0.458 e.